The molecule has 1 N–H and O–H groups in total. The first-order chi connectivity index (χ1) is 11.5. The Morgan fingerprint density at radius 2 is 2.25 bits per heavy atom. The van der Waals surface area contributed by atoms with Gasteiger partial charge in [0.1, 0.15) is 0 Å². The summed E-state index contributed by atoms with van der Waals surface area (Å²) in [5.41, 5.74) is 1.32. The number of amides is 1. The van der Waals surface area contributed by atoms with Gasteiger partial charge in [0, 0.05) is 31.8 Å². The maximum Gasteiger partial charge on any atom is 0.272 e. The Balaban J connectivity index is 2.02. The van der Waals surface area contributed by atoms with Crippen LogP contribution >= 0.6 is 0 Å². The Kier molecular flexibility index (Phi) is 4.63. The van der Waals surface area contributed by atoms with Crippen LogP contribution in [0.15, 0.2) is 24.4 Å². The number of hydrogen-bond donors (Lipinski definition) is 1. The van der Waals surface area contributed by atoms with Crippen LogP contribution in [-0.2, 0) is 26.7 Å². The van der Waals surface area contributed by atoms with Gasteiger partial charge in [-0.1, -0.05) is 6.07 Å². The van der Waals surface area contributed by atoms with Gasteiger partial charge in [0.15, 0.2) is 21.3 Å². The van der Waals surface area contributed by atoms with Crippen molar-refractivity contribution in [3.8, 4) is 5.82 Å². The predicted molar refractivity (Wildman–Crippen MR) is 86.8 cm³/mol. The zero-order chi connectivity index (χ0) is 17.2. The van der Waals surface area contributed by atoms with Gasteiger partial charge < -0.3 is 10.1 Å². The molecule has 1 aliphatic heterocycles. The molecule has 3 rings (SSSR count). The van der Waals surface area contributed by atoms with E-state index in [9.17, 15) is 13.2 Å². The van der Waals surface area contributed by atoms with Gasteiger partial charge in [0.05, 0.1) is 23.8 Å². The normalized spacial score (nSPS) is 15.7. The van der Waals surface area contributed by atoms with Crippen molar-refractivity contribution in [1.29, 1.82) is 0 Å². The van der Waals surface area contributed by atoms with Crippen molar-refractivity contribution in [2.45, 2.75) is 12.2 Å². The molecule has 128 valence electrons. The molecule has 0 spiro atoms. The number of sulfone groups is 1. The number of carbonyl (C=O) groups is 1. The molecule has 8 nitrogen and oxygen atoms in total. The fraction of sp³-hybridized carbons (Fsp3) is 0.400. The van der Waals surface area contributed by atoms with Gasteiger partial charge >= 0.3 is 0 Å². The molecule has 0 bridgehead atoms. The average molecular weight is 350 g/mol. The summed E-state index contributed by atoms with van der Waals surface area (Å²) in [5.74, 6) is 0.0184. The highest BCUT2D eigenvalue weighted by atomic mass is 32.2. The number of ether oxygens (including phenoxy) is 1. The zero-order valence-corrected chi connectivity index (χ0v) is 14.0. The average Bonchev–Trinajstić information content (AvgIpc) is 2.93. The fourth-order valence-electron chi connectivity index (χ4n) is 2.64. The lowest BCUT2D eigenvalue weighted by atomic mass is 10.1. The van der Waals surface area contributed by atoms with Crippen LogP contribution in [0.5, 0.6) is 0 Å². The Labute approximate surface area is 139 Å². The quantitative estimate of drug-likeness (QED) is 0.768. The van der Waals surface area contributed by atoms with Gasteiger partial charge in [-0.3, -0.25) is 4.79 Å². The lowest BCUT2D eigenvalue weighted by molar-refractivity contribution is 0.0931. The van der Waals surface area contributed by atoms with E-state index in [2.05, 4.69) is 15.4 Å². The minimum atomic E-state index is -3.22. The minimum absolute atomic E-state index is 0.0449. The molecule has 1 aliphatic rings. The summed E-state index contributed by atoms with van der Waals surface area (Å²) in [6.07, 6.45) is 1.94. The smallest absolute Gasteiger partial charge is 0.272 e. The standard InChI is InChI=1S/C15H18N4O4S/c1-23-8-7-17-15(20)14-11-10-24(21,22)9-5-12(11)19(18-14)13-4-2-3-6-16-13/h2-4,6H,5,7-10H2,1H3,(H,17,20). The topological polar surface area (TPSA) is 103 Å². The first-order valence-corrected chi connectivity index (χ1v) is 9.34. The second-order valence-electron chi connectivity index (χ2n) is 5.46. The van der Waals surface area contributed by atoms with Crippen molar-refractivity contribution in [3.63, 3.8) is 0 Å². The number of carbonyl (C=O) groups excluding carboxylic acids is 1. The van der Waals surface area contributed by atoms with E-state index in [0.717, 1.165) is 5.69 Å². The van der Waals surface area contributed by atoms with Crippen LogP contribution in [0.1, 0.15) is 21.7 Å². The molecule has 2 aromatic rings. The third-order valence-corrected chi connectivity index (χ3v) is 5.33. The van der Waals surface area contributed by atoms with E-state index in [1.807, 2.05) is 6.07 Å². The summed E-state index contributed by atoms with van der Waals surface area (Å²) in [7, 11) is -1.69. The predicted octanol–water partition coefficient (Wildman–Crippen LogP) is 0.114. The summed E-state index contributed by atoms with van der Waals surface area (Å²) < 4.78 is 30.4. The summed E-state index contributed by atoms with van der Waals surface area (Å²) in [6.45, 7) is 0.695. The molecular weight excluding hydrogens is 332 g/mol. The molecule has 3 heterocycles. The molecule has 9 heteroatoms. The minimum Gasteiger partial charge on any atom is -0.383 e. The van der Waals surface area contributed by atoms with Crippen LogP contribution < -0.4 is 5.32 Å². The van der Waals surface area contributed by atoms with Crippen molar-refractivity contribution < 1.29 is 17.9 Å². The van der Waals surface area contributed by atoms with Gasteiger partial charge in [-0.2, -0.15) is 5.10 Å². The zero-order valence-electron chi connectivity index (χ0n) is 13.2. The maximum absolute atomic E-state index is 12.4. The summed E-state index contributed by atoms with van der Waals surface area (Å²) >= 11 is 0. The second-order valence-corrected chi connectivity index (χ2v) is 7.65. The van der Waals surface area contributed by atoms with Crippen molar-refractivity contribution >= 4 is 15.7 Å². The summed E-state index contributed by atoms with van der Waals surface area (Å²) in [5, 5.41) is 7.03. The van der Waals surface area contributed by atoms with E-state index < -0.39 is 15.7 Å². The molecule has 0 radical (unpaired) electrons. The second kappa shape index (κ2) is 6.70. The highest BCUT2D eigenvalue weighted by Crippen LogP contribution is 2.26. The molecule has 0 fully saturated rings. The van der Waals surface area contributed by atoms with Gasteiger partial charge in [-0.15, -0.1) is 0 Å². The monoisotopic (exact) mass is 350 g/mol. The number of nitrogens with zero attached hydrogens (tertiary/aromatic N) is 3. The van der Waals surface area contributed by atoms with Crippen molar-refractivity contribution in [2.75, 3.05) is 26.0 Å². The number of nitrogens with one attached hydrogen (secondary N) is 1. The largest absolute Gasteiger partial charge is 0.383 e. The number of methoxy groups -OCH3 is 1. The van der Waals surface area contributed by atoms with Gasteiger partial charge in [-0.05, 0) is 12.1 Å². The summed E-state index contributed by atoms with van der Waals surface area (Å²) in [4.78, 5) is 16.6. The Hall–Kier alpha value is -2.26. The van der Waals surface area contributed by atoms with Gasteiger partial charge in [-0.25, -0.2) is 18.1 Å². The molecule has 0 saturated carbocycles. The van der Waals surface area contributed by atoms with Crippen molar-refractivity contribution in [2.24, 2.45) is 0 Å². The Morgan fingerprint density at radius 1 is 1.42 bits per heavy atom. The number of fused-ring (bicyclic) bond motifs is 1. The lowest BCUT2D eigenvalue weighted by Crippen LogP contribution is -2.29. The van der Waals surface area contributed by atoms with Crippen molar-refractivity contribution in [3.05, 3.63) is 41.3 Å². The highest BCUT2D eigenvalue weighted by molar-refractivity contribution is 7.90. The summed E-state index contributed by atoms with van der Waals surface area (Å²) in [6, 6.07) is 5.36. The van der Waals surface area contributed by atoms with Gasteiger partial charge in [0.25, 0.3) is 5.91 Å². The van der Waals surface area contributed by atoms with Crippen LogP contribution in [-0.4, -0.2) is 55.1 Å². The molecule has 1 amide bonds. The van der Waals surface area contributed by atoms with Crippen LogP contribution in [0.4, 0.5) is 0 Å². The number of rotatable bonds is 5. The molecule has 0 aromatic carbocycles. The number of pyridine rings is 1. The highest BCUT2D eigenvalue weighted by Gasteiger charge is 2.31. The molecule has 0 unspecified atom stereocenters. The van der Waals surface area contributed by atoms with E-state index in [4.69, 9.17) is 4.74 Å². The Bertz CT molecular complexity index is 846. The molecule has 2 aromatic heterocycles. The fourth-order valence-corrected chi connectivity index (χ4v) is 4.03. The van der Waals surface area contributed by atoms with Crippen LogP contribution in [0.3, 0.4) is 0 Å². The molecule has 0 saturated heterocycles. The third kappa shape index (κ3) is 3.31. The van der Waals surface area contributed by atoms with E-state index >= 15 is 0 Å². The van der Waals surface area contributed by atoms with E-state index in [-0.39, 0.29) is 17.2 Å². The van der Waals surface area contributed by atoms with E-state index in [1.54, 1.807) is 23.0 Å². The molecule has 0 atom stereocenters. The molecule has 0 aliphatic carbocycles. The van der Waals surface area contributed by atoms with E-state index in [0.29, 0.717) is 31.0 Å². The maximum atomic E-state index is 12.4. The third-order valence-electron chi connectivity index (χ3n) is 3.78. The molecule has 24 heavy (non-hydrogen) atoms. The molecular formula is C15H18N4O4S. The van der Waals surface area contributed by atoms with Crippen LogP contribution in [0.25, 0.3) is 5.82 Å². The first kappa shape index (κ1) is 16.6. The van der Waals surface area contributed by atoms with E-state index in [1.165, 1.54) is 7.11 Å². The first-order valence-electron chi connectivity index (χ1n) is 7.51. The number of hydrogen-bond acceptors (Lipinski definition) is 6. The van der Waals surface area contributed by atoms with Crippen molar-refractivity contribution in [1.82, 2.24) is 20.1 Å². The Morgan fingerprint density at radius 3 is 2.96 bits per heavy atom. The SMILES string of the molecule is COCCNC(=O)c1nn(-c2ccccn2)c2c1CS(=O)(=O)CC2. The van der Waals surface area contributed by atoms with Crippen LogP contribution in [0.2, 0.25) is 0 Å². The lowest BCUT2D eigenvalue weighted by Gasteiger charge is -2.14. The van der Waals surface area contributed by atoms with Crippen LogP contribution in [0, 0.1) is 0 Å². The number of aromatic nitrogens is 3. The van der Waals surface area contributed by atoms with Gasteiger partial charge in [0.2, 0.25) is 0 Å².